The normalized spacial score (nSPS) is 16.2. The minimum absolute atomic E-state index is 0.271. The van der Waals surface area contributed by atoms with Crippen LogP contribution in [0.15, 0.2) is 35.5 Å². The molecule has 1 aliphatic rings. The van der Waals surface area contributed by atoms with Crippen molar-refractivity contribution in [1.82, 2.24) is 14.3 Å². The van der Waals surface area contributed by atoms with E-state index in [9.17, 15) is 12.8 Å². The fourth-order valence-corrected chi connectivity index (χ4v) is 5.82. The maximum atomic E-state index is 14.0. The van der Waals surface area contributed by atoms with E-state index in [-0.39, 0.29) is 18.0 Å². The molecule has 0 bridgehead atoms. The predicted octanol–water partition coefficient (Wildman–Crippen LogP) is 2.96. The molecular formula is C18H19FN4O2S2. The van der Waals surface area contributed by atoms with Crippen molar-refractivity contribution < 1.29 is 12.8 Å². The van der Waals surface area contributed by atoms with E-state index < -0.39 is 15.8 Å². The Morgan fingerprint density at radius 2 is 1.78 bits per heavy atom. The molecule has 1 fully saturated rings. The Morgan fingerprint density at radius 3 is 2.48 bits per heavy atom. The first-order valence-corrected chi connectivity index (χ1v) is 10.9. The Labute approximate surface area is 161 Å². The molecule has 1 aliphatic heterocycles. The monoisotopic (exact) mass is 406 g/mol. The van der Waals surface area contributed by atoms with Crippen LogP contribution in [0, 0.1) is 19.7 Å². The molecule has 3 heterocycles. The van der Waals surface area contributed by atoms with Crippen molar-refractivity contribution in [3.63, 3.8) is 0 Å². The number of thiophene rings is 1. The first-order chi connectivity index (χ1) is 12.9. The molecule has 0 radical (unpaired) electrons. The molecule has 0 amide bonds. The standard InChI is InChI=1S/C18H19FN4O2S2/c1-12-13(2)26-18-16(12)17(20-11-21-18)22-7-9-23(10-8-22)27(24,25)15-6-4-3-5-14(15)19/h3-6,11H,7-10H2,1-2H3. The van der Waals surface area contributed by atoms with Crippen LogP contribution in [0.4, 0.5) is 10.2 Å². The van der Waals surface area contributed by atoms with Gasteiger partial charge in [-0.1, -0.05) is 12.1 Å². The zero-order valence-electron chi connectivity index (χ0n) is 15.0. The Bertz CT molecular complexity index is 1110. The van der Waals surface area contributed by atoms with E-state index in [0.29, 0.717) is 13.1 Å². The Kier molecular flexibility index (Phi) is 4.61. The summed E-state index contributed by atoms with van der Waals surface area (Å²) in [5.41, 5.74) is 1.16. The summed E-state index contributed by atoms with van der Waals surface area (Å²) in [6.07, 6.45) is 1.55. The molecule has 27 heavy (non-hydrogen) atoms. The van der Waals surface area contributed by atoms with Crippen LogP contribution in [0.5, 0.6) is 0 Å². The van der Waals surface area contributed by atoms with Crippen LogP contribution >= 0.6 is 11.3 Å². The molecule has 0 atom stereocenters. The van der Waals surface area contributed by atoms with Crippen LogP contribution in [0.1, 0.15) is 10.4 Å². The lowest BCUT2D eigenvalue weighted by Crippen LogP contribution is -2.49. The molecule has 9 heteroatoms. The first kappa shape index (κ1) is 18.3. The molecule has 0 spiro atoms. The van der Waals surface area contributed by atoms with Crippen LogP contribution < -0.4 is 4.90 Å². The highest BCUT2D eigenvalue weighted by Crippen LogP contribution is 2.34. The van der Waals surface area contributed by atoms with Crippen molar-refractivity contribution in [2.75, 3.05) is 31.1 Å². The molecule has 3 aromatic rings. The van der Waals surface area contributed by atoms with Gasteiger partial charge in [-0.05, 0) is 31.5 Å². The van der Waals surface area contributed by atoms with E-state index in [0.717, 1.165) is 21.6 Å². The summed E-state index contributed by atoms with van der Waals surface area (Å²) in [7, 11) is -3.84. The van der Waals surface area contributed by atoms with Crippen molar-refractivity contribution in [3.8, 4) is 0 Å². The first-order valence-electron chi connectivity index (χ1n) is 8.60. The minimum atomic E-state index is -3.84. The van der Waals surface area contributed by atoms with Crippen LogP contribution in [-0.4, -0.2) is 48.9 Å². The number of hydrogen-bond donors (Lipinski definition) is 0. The van der Waals surface area contributed by atoms with Gasteiger partial charge in [0.05, 0.1) is 5.39 Å². The summed E-state index contributed by atoms with van der Waals surface area (Å²) in [4.78, 5) is 12.8. The quantitative estimate of drug-likeness (QED) is 0.669. The van der Waals surface area contributed by atoms with Crippen molar-refractivity contribution in [1.29, 1.82) is 0 Å². The minimum Gasteiger partial charge on any atom is -0.353 e. The Hall–Kier alpha value is -2.10. The molecule has 0 N–H and O–H groups in total. The third kappa shape index (κ3) is 3.09. The van der Waals surface area contributed by atoms with Gasteiger partial charge in [-0.3, -0.25) is 0 Å². The average molecular weight is 407 g/mol. The van der Waals surface area contributed by atoms with Gasteiger partial charge in [0.1, 0.15) is 27.7 Å². The van der Waals surface area contributed by atoms with E-state index in [1.807, 2.05) is 0 Å². The van der Waals surface area contributed by atoms with Crippen molar-refractivity contribution in [3.05, 3.63) is 46.9 Å². The number of aromatic nitrogens is 2. The smallest absolute Gasteiger partial charge is 0.246 e. The molecule has 4 rings (SSSR count). The highest BCUT2D eigenvalue weighted by Gasteiger charge is 2.31. The summed E-state index contributed by atoms with van der Waals surface area (Å²) in [5.74, 6) is 0.117. The molecule has 2 aromatic heterocycles. The summed E-state index contributed by atoms with van der Waals surface area (Å²) < 4.78 is 40.8. The molecular weight excluding hydrogens is 387 g/mol. The van der Waals surface area contributed by atoms with Crippen LogP contribution in [0.2, 0.25) is 0 Å². The van der Waals surface area contributed by atoms with E-state index in [1.165, 1.54) is 33.4 Å². The van der Waals surface area contributed by atoms with Gasteiger partial charge >= 0.3 is 0 Å². The second-order valence-corrected chi connectivity index (χ2v) is 9.59. The number of nitrogens with zero attached hydrogens (tertiary/aromatic N) is 4. The number of benzene rings is 1. The number of piperazine rings is 1. The van der Waals surface area contributed by atoms with Crippen LogP contribution in [-0.2, 0) is 10.0 Å². The Morgan fingerprint density at radius 1 is 1.07 bits per heavy atom. The molecule has 6 nitrogen and oxygen atoms in total. The molecule has 142 valence electrons. The lowest BCUT2D eigenvalue weighted by atomic mass is 10.2. The number of fused-ring (bicyclic) bond motifs is 1. The number of halogens is 1. The van der Waals surface area contributed by atoms with Gasteiger partial charge in [-0.2, -0.15) is 4.31 Å². The van der Waals surface area contributed by atoms with Gasteiger partial charge in [0, 0.05) is 31.1 Å². The molecule has 0 unspecified atom stereocenters. The van der Waals surface area contributed by atoms with Crippen LogP contribution in [0.25, 0.3) is 10.2 Å². The summed E-state index contributed by atoms with van der Waals surface area (Å²) >= 11 is 1.63. The highest BCUT2D eigenvalue weighted by atomic mass is 32.2. The largest absolute Gasteiger partial charge is 0.353 e. The summed E-state index contributed by atoms with van der Waals surface area (Å²) in [6, 6.07) is 5.49. The molecule has 1 saturated heterocycles. The van der Waals surface area contributed by atoms with Crippen molar-refractivity contribution in [2.45, 2.75) is 18.7 Å². The maximum Gasteiger partial charge on any atom is 0.246 e. The lowest BCUT2D eigenvalue weighted by Gasteiger charge is -2.35. The number of aryl methyl sites for hydroxylation is 2. The van der Waals surface area contributed by atoms with E-state index in [4.69, 9.17) is 0 Å². The molecule has 0 aliphatic carbocycles. The van der Waals surface area contributed by atoms with Gasteiger partial charge in [-0.15, -0.1) is 11.3 Å². The zero-order chi connectivity index (χ0) is 19.2. The van der Waals surface area contributed by atoms with Gasteiger partial charge < -0.3 is 4.90 Å². The summed E-state index contributed by atoms with van der Waals surface area (Å²) in [5, 5.41) is 1.03. The fourth-order valence-electron chi connectivity index (χ4n) is 3.34. The SMILES string of the molecule is Cc1sc2ncnc(N3CCN(S(=O)(=O)c4ccccc4F)CC3)c2c1C. The van der Waals surface area contributed by atoms with Crippen molar-refractivity contribution in [2.24, 2.45) is 0 Å². The van der Waals surface area contributed by atoms with E-state index in [2.05, 4.69) is 28.7 Å². The predicted molar refractivity (Wildman–Crippen MR) is 104 cm³/mol. The second kappa shape index (κ2) is 6.81. The fraction of sp³-hybridized carbons (Fsp3) is 0.333. The summed E-state index contributed by atoms with van der Waals surface area (Å²) in [6.45, 7) is 5.67. The van der Waals surface area contributed by atoms with Gasteiger partial charge in [-0.25, -0.2) is 22.8 Å². The Balaban J connectivity index is 1.59. The van der Waals surface area contributed by atoms with Gasteiger partial charge in [0.15, 0.2) is 0 Å². The van der Waals surface area contributed by atoms with E-state index in [1.54, 1.807) is 17.7 Å². The topological polar surface area (TPSA) is 66.4 Å². The third-order valence-electron chi connectivity index (χ3n) is 4.94. The maximum absolute atomic E-state index is 14.0. The molecule has 1 aromatic carbocycles. The van der Waals surface area contributed by atoms with Crippen LogP contribution in [0.3, 0.4) is 0 Å². The highest BCUT2D eigenvalue weighted by molar-refractivity contribution is 7.89. The van der Waals surface area contributed by atoms with Gasteiger partial charge in [0.2, 0.25) is 10.0 Å². The lowest BCUT2D eigenvalue weighted by molar-refractivity contribution is 0.381. The number of anilines is 1. The third-order valence-corrected chi connectivity index (χ3v) is 7.99. The second-order valence-electron chi connectivity index (χ2n) is 6.48. The van der Waals surface area contributed by atoms with E-state index >= 15 is 0 Å². The average Bonchev–Trinajstić information content (AvgIpc) is 2.96. The van der Waals surface area contributed by atoms with Crippen molar-refractivity contribution >= 4 is 37.4 Å². The number of rotatable bonds is 3. The molecule has 0 saturated carbocycles. The van der Waals surface area contributed by atoms with Gasteiger partial charge in [0.25, 0.3) is 0 Å². The zero-order valence-corrected chi connectivity index (χ0v) is 16.6. The number of sulfonamides is 1. The number of hydrogen-bond acceptors (Lipinski definition) is 6.